The second-order valence-corrected chi connectivity index (χ2v) is 4.37. The molecular formula is C13H20ClN. The molecular weight excluding hydrogens is 206 g/mol. The van der Waals surface area contributed by atoms with Crippen LogP contribution < -0.4 is 5.32 Å². The van der Waals surface area contributed by atoms with Crippen molar-refractivity contribution in [2.75, 3.05) is 12.4 Å². The summed E-state index contributed by atoms with van der Waals surface area (Å²) < 4.78 is 0. The summed E-state index contributed by atoms with van der Waals surface area (Å²) in [4.78, 5) is 0. The zero-order valence-corrected chi connectivity index (χ0v) is 10.4. The zero-order chi connectivity index (χ0) is 11.1. The molecule has 0 aliphatic heterocycles. The van der Waals surface area contributed by atoms with Crippen LogP contribution in [0.3, 0.4) is 0 Å². The Balaban J connectivity index is 2.28. The standard InChI is InChI=1S/C13H20ClN/c1-11-5-6-13(9-12(11)2)10-15-8-4-3-7-14/h5-6,9,15H,3-4,7-8,10H2,1-2H3. The van der Waals surface area contributed by atoms with Gasteiger partial charge >= 0.3 is 0 Å². The van der Waals surface area contributed by atoms with Crippen molar-refractivity contribution in [1.29, 1.82) is 0 Å². The molecule has 0 amide bonds. The van der Waals surface area contributed by atoms with Crippen LogP contribution in [0, 0.1) is 13.8 Å². The molecule has 0 fully saturated rings. The van der Waals surface area contributed by atoms with Gasteiger partial charge in [0.1, 0.15) is 0 Å². The summed E-state index contributed by atoms with van der Waals surface area (Å²) in [5.41, 5.74) is 4.10. The Kier molecular flexibility index (Phi) is 5.74. The van der Waals surface area contributed by atoms with Gasteiger partial charge < -0.3 is 5.32 Å². The molecule has 15 heavy (non-hydrogen) atoms. The summed E-state index contributed by atoms with van der Waals surface area (Å²) in [5, 5.41) is 3.42. The number of hydrogen-bond acceptors (Lipinski definition) is 1. The number of rotatable bonds is 6. The van der Waals surface area contributed by atoms with Crippen LogP contribution in [-0.4, -0.2) is 12.4 Å². The summed E-state index contributed by atoms with van der Waals surface area (Å²) in [5.74, 6) is 0.769. The Bertz CT molecular complexity index is 297. The van der Waals surface area contributed by atoms with Crippen molar-refractivity contribution < 1.29 is 0 Å². The van der Waals surface area contributed by atoms with Gasteiger partial charge in [-0.15, -0.1) is 11.6 Å². The Morgan fingerprint density at radius 2 is 1.93 bits per heavy atom. The molecule has 1 rings (SSSR count). The van der Waals surface area contributed by atoms with E-state index in [9.17, 15) is 0 Å². The van der Waals surface area contributed by atoms with Gasteiger partial charge in [-0.2, -0.15) is 0 Å². The lowest BCUT2D eigenvalue weighted by atomic mass is 10.1. The average Bonchev–Trinajstić information content (AvgIpc) is 2.23. The fourth-order valence-electron chi connectivity index (χ4n) is 1.49. The molecule has 2 heteroatoms. The highest BCUT2D eigenvalue weighted by Gasteiger charge is 1.95. The van der Waals surface area contributed by atoms with Crippen molar-refractivity contribution in [3.63, 3.8) is 0 Å². The number of unbranched alkanes of at least 4 members (excludes halogenated alkanes) is 1. The van der Waals surface area contributed by atoms with Crippen LogP contribution in [-0.2, 0) is 6.54 Å². The molecule has 0 aliphatic carbocycles. The lowest BCUT2D eigenvalue weighted by molar-refractivity contribution is 0.642. The highest BCUT2D eigenvalue weighted by Crippen LogP contribution is 2.09. The monoisotopic (exact) mass is 225 g/mol. The highest BCUT2D eigenvalue weighted by atomic mass is 35.5. The molecule has 0 radical (unpaired) electrons. The van der Waals surface area contributed by atoms with Crippen molar-refractivity contribution in [1.82, 2.24) is 5.32 Å². The summed E-state index contributed by atoms with van der Waals surface area (Å²) >= 11 is 5.61. The lowest BCUT2D eigenvalue weighted by Gasteiger charge is -2.06. The number of benzene rings is 1. The lowest BCUT2D eigenvalue weighted by Crippen LogP contribution is -2.14. The van der Waals surface area contributed by atoms with Gasteiger partial charge in [-0.1, -0.05) is 18.2 Å². The molecule has 0 atom stereocenters. The Hall–Kier alpha value is -0.530. The highest BCUT2D eigenvalue weighted by molar-refractivity contribution is 6.17. The van der Waals surface area contributed by atoms with Gasteiger partial charge in [0.25, 0.3) is 0 Å². The average molecular weight is 226 g/mol. The maximum Gasteiger partial charge on any atom is 0.0223 e. The predicted molar refractivity (Wildman–Crippen MR) is 67.6 cm³/mol. The third-order valence-corrected chi connectivity index (χ3v) is 2.90. The minimum absolute atomic E-state index is 0.769. The Labute approximate surface area is 97.8 Å². The van der Waals surface area contributed by atoms with Crippen molar-refractivity contribution >= 4 is 11.6 Å². The van der Waals surface area contributed by atoms with E-state index in [2.05, 4.69) is 37.4 Å². The summed E-state index contributed by atoms with van der Waals surface area (Å²) in [7, 11) is 0. The van der Waals surface area contributed by atoms with Crippen LogP contribution in [0.4, 0.5) is 0 Å². The van der Waals surface area contributed by atoms with E-state index < -0.39 is 0 Å². The van der Waals surface area contributed by atoms with E-state index in [4.69, 9.17) is 11.6 Å². The summed E-state index contributed by atoms with van der Waals surface area (Å²) in [6.45, 7) is 6.32. The second-order valence-electron chi connectivity index (χ2n) is 3.99. The predicted octanol–water partition coefficient (Wildman–Crippen LogP) is 3.41. The minimum Gasteiger partial charge on any atom is -0.313 e. The Morgan fingerprint density at radius 1 is 1.13 bits per heavy atom. The molecule has 1 N–H and O–H groups in total. The van der Waals surface area contributed by atoms with E-state index in [1.54, 1.807) is 0 Å². The smallest absolute Gasteiger partial charge is 0.0223 e. The van der Waals surface area contributed by atoms with Crippen molar-refractivity contribution in [3.05, 3.63) is 34.9 Å². The normalized spacial score (nSPS) is 10.6. The topological polar surface area (TPSA) is 12.0 Å². The van der Waals surface area contributed by atoms with E-state index in [-0.39, 0.29) is 0 Å². The first-order valence-electron chi connectivity index (χ1n) is 5.57. The maximum atomic E-state index is 5.61. The molecule has 84 valence electrons. The van der Waals surface area contributed by atoms with Gasteiger partial charge in [-0.25, -0.2) is 0 Å². The van der Waals surface area contributed by atoms with Gasteiger partial charge in [-0.05, 0) is 49.9 Å². The molecule has 0 spiro atoms. The number of aryl methyl sites for hydroxylation is 2. The Morgan fingerprint density at radius 3 is 2.60 bits per heavy atom. The first-order chi connectivity index (χ1) is 7.24. The molecule has 0 saturated heterocycles. The van der Waals surface area contributed by atoms with Crippen LogP contribution in [0.1, 0.15) is 29.5 Å². The van der Waals surface area contributed by atoms with Crippen molar-refractivity contribution in [3.8, 4) is 0 Å². The van der Waals surface area contributed by atoms with E-state index in [0.717, 1.165) is 31.8 Å². The van der Waals surface area contributed by atoms with Crippen molar-refractivity contribution in [2.24, 2.45) is 0 Å². The van der Waals surface area contributed by atoms with Gasteiger partial charge in [0.2, 0.25) is 0 Å². The number of alkyl halides is 1. The van der Waals surface area contributed by atoms with Crippen LogP contribution in [0.2, 0.25) is 0 Å². The molecule has 0 bridgehead atoms. The maximum absolute atomic E-state index is 5.61. The number of nitrogens with one attached hydrogen (secondary N) is 1. The first kappa shape index (κ1) is 12.5. The van der Waals surface area contributed by atoms with Crippen LogP contribution in [0.15, 0.2) is 18.2 Å². The first-order valence-corrected chi connectivity index (χ1v) is 6.10. The third kappa shape index (κ3) is 4.67. The van der Waals surface area contributed by atoms with Gasteiger partial charge in [-0.3, -0.25) is 0 Å². The molecule has 1 nitrogen and oxygen atoms in total. The molecule has 0 saturated carbocycles. The largest absolute Gasteiger partial charge is 0.313 e. The van der Waals surface area contributed by atoms with Crippen LogP contribution in [0.25, 0.3) is 0 Å². The van der Waals surface area contributed by atoms with Crippen LogP contribution >= 0.6 is 11.6 Å². The second kappa shape index (κ2) is 6.86. The quantitative estimate of drug-likeness (QED) is 0.578. The van der Waals surface area contributed by atoms with Gasteiger partial charge in [0.15, 0.2) is 0 Å². The fraction of sp³-hybridized carbons (Fsp3) is 0.538. The van der Waals surface area contributed by atoms with E-state index in [1.165, 1.54) is 16.7 Å². The summed E-state index contributed by atoms with van der Waals surface area (Å²) in [6.07, 6.45) is 2.26. The summed E-state index contributed by atoms with van der Waals surface area (Å²) in [6, 6.07) is 6.63. The fourth-order valence-corrected chi connectivity index (χ4v) is 1.68. The molecule has 0 unspecified atom stereocenters. The van der Waals surface area contributed by atoms with E-state index >= 15 is 0 Å². The minimum atomic E-state index is 0.769. The SMILES string of the molecule is Cc1ccc(CNCCCCCl)cc1C. The van der Waals surface area contributed by atoms with E-state index in [1.807, 2.05) is 0 Å². The van der Waals surface area contributed by atoms with Crippen LogP contribution in [0.5, 0.6) is 0 Å². The van der Waals surface area contributed by atoms with Gasteiger partial charge in [0, 0.05) is 12.4 Å². The number of hydrogen-bond donors (Lipinski definition) is 1. The van der Waals surface area contributed by atoms with Gasteiger partial charge in [0.05, 0.1) is 0 Å². The molecule has 0 aromatic heterocycles. The zero-order valence-electron chi connectivity index (χ0n) is 9.65. The van der Waals surface area contributed by atoms with Crippen molar-refractivity contribution in [2.45, 2.75) is 33.2 Å². The number of halogens is 1. The molecule has 0 aliphatic rings. The van der Waals surface area contributed by atoms with E-state index in [0.29, 0.717) is 0 Å². The molecule has 0 heterocycles. The molecule has 1 aromatic rings. The third-order valence-electron chi connectivity index (χ3n) is 2.64. The molecule has 1 aromatic carbocycles.